The van der Waals surface area contributed by atoms with Crippen LogP contribution >= 0.6 is 0 Å². The van der Waals surface area contributed by atoms with Crippen molar-refractivity contribution in [1.29, 1.82) is 0 Å². The van der Waals surface area contributed by atoms with E-state index in [4.69, 9.17) is 0 Å². The highest BCUT2D eigenvalue weighted by atomic mass is 15.1. The molecule has 0 radical (unpaired) electrons. The molecule has 0 amide bonds. The Kier molecular flexibility index (Phi) is 8.08. The van der Waals surface area contributed by atoms with Crippen molar-refractivity contribution in [3.63, 3.8) is 0 Å². The SMILES string of the molecule is CCC(C)c1ccc(-c2ccc(C=Cc3ccc(N(c4ccc(C)cc4)c4ccc(C)cc4)cc3)cc2)cc1. The molecule has 0 aliphatic rings. The number of anilines is 3. The van der Waals surface area contributed by atoms with Gasteiger partial charge in [-0.3, -0.25) is 0 Å². The van der Waals surface area contributed by atoms with E-state index in [9.17, 15) is 0 Å². The third kappa shape index (κ3) is 6.38. The van der Waals surface area contributed by atoms with Gasteiger partial charge in [0, 0.05) is 17.1 Å². The van der Waals surface area contributed by atoms with Gasteiger partial charge < -0.3 is 4.90 Å². The third-order valence-corrected chi connectivity index (χ3v) is 7.54. The van der Waals surface area contributed by atoms with E-state index in [1.807, 2.05) is 0 Å². The Morgan fingerprint density at radius 3 is 1.28 bits per heavy atom. The van der Waals surface area contributed by atoms with Crippen LogP contribution in [-0.2, 0) is 0 Å². The van der Waals surface area contributed by atoms with Crippen molar-refractivity contribution in [2.45, 2.75) is 40.0 Å². The molecule has 0 saturated heterocycles. The molecule has 0 aromatic heterocycles. The molecule has 5 aromatic carbocycles. The fourth-order valence-corrected chi connectivity index (χ4v) is 4.79. The standard InChI is InChI=1S/C38H37N/c1-5-30(4)33-18-20-35(21-19-33)34-16-12-31(13-17-34)10-11-32-14-26-38(27-15-32)39(36-22-6-28(2)7-23-36)37-24-8-29(3)9-25-37/h6-27,30H,5H2,1-4H3. The zero-order valence-electron chi connectivity index (χ0n) is 23.4. The molecule has 0 bridgehead atoms. The molecular weight excluding hydrogens is 470 g/mol. The summed E-state index contributed by atoms with van der Waals surface area (Å²) in [5.74, 6) is 0.605. The molecule has 0 fully saturated rings. The normalized spacial score (nSPS) is 12.0. The van der Waals surface area contributed by atoms with Crippen LogP contribution in [0.15, 0.2) is 121 Å². The predicted molar refractivity (Wildman–Crippen MR) is 170 cm³/mol. The van der Waals surface area contributed by atoms with E-state index in [1.165, 1.54) is 45.4 Å². The lowest BCUT2D eigenvalue weighted by molar-refractivity contribution is 0.734. The van der Waals surface area contributed by atoms with Crippen LogP contribution in [0.5, 0.6) is 0 Å². The van der Waals surface area contributed by atoms with Gasteiger partial charge in [0.25, 0.3) is 0 Å². The van der Waals surface area contributed by atoms with Crippen LogP contribution in [0.2, 0.25) is 0 Å². The van der Waals surface area contributed by atoms with E-state index in [0.29, 0.717) is 5.92 Å². The van der Waals surface area contributed by atoms with E-state index in [-0.39, 0.29) is 0 Å². The molecule has 0 aliphatic carbocycles. The van der Waals surface area contributed by atoms with Crippen molar-refractivity contribution in [3.05, 3.63) is 149 Å². The molecular formula is C38H37N. The van der Waals surface area contributed by atoms with Gasteiger partial charge in [-0.25, -0.2) is 0 Å². The Bertz CT molecular complexity index is 1460. The minimum atomic E-state index is 0.605. The summed E-state index contributed by atoms with van der Waals surface area (Å²) in [6.45, 7) is 8.78. The summed E-state index contributed by atoms with van der Waals surface area (Å²) >= 11 is 0. The van der Waals surface area contributed by atoms with Crippen molar-refractivity contribution in [3.8, 4) is 11.1 Å². The first-order valence-corrected chi connectivity index (χ1v) is 13.9. The lowest BCUT2D eigenvalue weighted by Crippen LogP contribution is -2.09. The maximum absolute atomic E-state index is 2.31. The summed E-state index contributed by atoms with van der Waals surface area (Å²) in [5.41, 5.74) is 12.3. The molecule has 0 N–H and O–H groups in total. The van der Waals surface area contributed by atoms with Gasteiger partial charge in [-0.2, -0.15) is 0 Å². The minimum Gasteiger partial charge on any atom is -0.311 e. The molecule has 1 heteroatoms. The Morgan fingerprint density at radius 2 is 0.872 bits per heavy atom. The van der Waals surface area contributed by atoms with E-state index in [0.717, 1.165) is 17.1 Å². The molecule has 0 spiro atoms. The van der Waals surface area contributed by atoms with Crippen LogP contribution in [0.25, 0.3) is 23.3 Å². The molecule has 0 heterocycles. The monoisotopic (exact) mass is 507 g/mol. The summed E-state index contributed by atoms with van der Waals surface area (Å²) in [6.07, 6.45) is 5.53. The Hall–Kier alpha value is -4.36. The van der Waals surface area contributed by atoms with Gasteiger partial charge in [-0.05, 0) is 90.4 Å². The van der Waals surface area contributed by atoms with Crippen molar-refractivity contribution < 1.29 is 0 Å². The molecule has 0 saturated carbocycles. The van der Waals surface area contributed by atoms with E-state index < -0.39 is 0 Å². The predicted octanol–water partition coefficient (Wildman–Crippen LogP) is 11.1. The summed E-state index contributed by atoms with van der Waals surface area (Å²) < 4.78 is 0. The Labute approximate surface area is 234 Å². The summed E-state index contributed by atoms with van der Waals surface area (Å²) in [6, 6.07) is 44.0. The largest absolute Gasteiger partial charge is 0.311 e. The van der Waals surface area contributed by atoms with Gasteiger partial charge in [-0.1, -0.05) is 122 Å². The van der Waals surface area contributed by atoms with Crippen molar-refractivity contribution in [2.24, 2.45) is 0 Å². The van der Waals surface area contributed by atoms with Gasteiger partial charge in [0.1, 0.15) is 0 Å². The van der Waals surface area contributed by atoms with Gasteiger partial charge >= 0.3 is 0 Å². The fraction of sp³-hybridized carbons (Fsp3) is 0.158. The highest BCUT2D eigenvalue weighted by molar-refractivity contribution is 5.78. The van der Waals surface area contributed by atoms with Crippen LogP contribution in [-0.4, -0.2) is 0 Å². The highest BCUT2D eigenvalue weighted by Gasteiger charge is 2.12. The Balaban J connectivity index is 1.32. The van der Waals surface area contributed by atoms with Gasteiger partial charge in [-0.15, -0.1) is 0 Å². The van der Waals surface area contributed by atoms with Crippen molar-refractivity contribution in [2.75, 3.05) is 4.90 Å². The summed E-state index contributed by atoms with van der Waals surface area (Å²) in [4.78, 5) is 2.31. The number of rotatable bonds is 8. The zero-order valence-corrected chi connectivity index (χ0v) is 23.4. The minimum absolute atomic E-state index is 0.605. The number of hydrogen-bond acceptors (Lipinski definition) is 1. The average Bonchev–Trinajstić information content (AvgIpc) is 2.99. The molecule has 194 valence electrons. The smallest absolute Gasteiger partial charge is 0.0462 e. The second-order valence-corrected chi connectivity index (χ2v) is 10.5. The highest BCUT2D eigenvalue weighted by Crippen LogP contribution is 2.35. The maximum atomic E-state index is 2.31. The van der Waals surface area contributed by atoms with Gasteiger partial charge in [0.15, 0.2) is 0 Å². The first-order chi connectivity index (χ1) is 19.0. The average molecular weight is 508 g/mol. The number of hydrogen-bond donors (Lipinski definition) is 0. The van der Waals surface area contributed by atoms with Gasteiger partial charge in [0.2, 0.25) is 0 Å². The quantitative estimate of drug-likeness (QED) is 0.189. The second kappa shape index (κ2) is 12.0. The second-order valence-electron chi connectivity index (χ2n) is 10.5. The molecule has 5 aromatic rings. The van der Waals surface area contributed by atoms with Crippen LogP contribution < -0.4 is 4.90 Å². The van der Waals surface area contributed by atoms with Crippen molar-refractivity contribution in [1.82, 2.24) is 0 Å². The first-order valence-electron chi connectivity index (χ1n) is 13.9. The summed E-state index contributed by atoms with van der Waals surface area (Å²) in [7, 11) is 0. The van der Waals surface area contributed by atoms with Crippen molar-refractivity contribution >= 4 is 29.2 Å². The first kappa shape index (κ1) is 26.3. The van der Waals surface area contributed by atoms with Crippen LogP contribution in [0.1, 0.15) is 54.0 Å². The lowest BCUT2D eigenvalue weighted by Gasteiger charge is -2.25. The number of nitrogens with zero attached hydrogens (tertiary/aromatic N) is 1. The molecule has 0 aliphatic heterocycles. The van der Waals surface area contributed by atoms with E-state index in [1.54, 1.807) is 0 Å². The third-order valence-electron chi connectivity index (χ3n) is 7.54. The topological polar surface area (TPSA) is 3.24 Å². The lowest BCUT2D eigenvalue weighted by atomic mass is 9.95. The fourth-order valence-electron chi connectivity index (χ4n) is 4.79. The molecule has 1 atom stereocenters. The van der Waals surface area contributed by atoms with Crippen LogP contribution in [0.4, 0.5) is 17.1 Å². The molecule has 1 nitrogen and oxygen atoms in total. The maximum Gasteiger partial charge on any atom is 0.0462 e. The van der Waals surface area contributed by atoms with E-state index >= 15 is 0 Å². The number of benzene rings is 5. The van der Waals surface area contributed by atoms with Crippen LogP contribution in [0.3, 0.4) is 0 Å². The number of aryl methyl sites for hydroxylation is 2. The zero-order chi connectivity index (χ0) is 27.2. The molecule has 39 heavy (non-hydrogen) atoms. The summed E-state index contributed by atoms with van der Waals surface area (Å²) in [5, 5.41) is 0. The Morgan fingerprint density at radius 1 is 0.513 bits per heavy atom. The molecule has 5 rings (SSSR count). The van der Waals surface area contributed by atoms with Crippen LogP contribution in [0, 0.1) is 13.8 Å². The molecule has 1 unspecified atom stereocenters. The van der Waals surface area contributed by atoms with E-state index in [2.05, 4.69) is 166 Å². The van der Waals surface area contributed by atoms with Gasteiger partial charge in [0.05, 0.1) is 0 Å².